The molecule has 8 heteroatoms. The monoisotopic (exact) mass is 271 g/mol. The Balaban J connectivity index is 2.32. The molecule has 0 bridgehead atoms. The van der Waals surface area contributed by atoms with Gasteiger partial charge in [-0.1, -0.05) is 46.6 Å². The maximum absolute atomic E-state index is 11.1. The lowest BCUT2D eigenvalue weighted by Gasteiger charge is -2.35. The Morgan fingerprint density at radius 1 is 1.57 bits per heavy atom. The summed E-state index contributed by atoms with van der Waals surface area (Å²) in [6, 6.07) is -0.497. The van der Waals surface area contributed by atoms with Crippen molar-refractivity contribution in [2.45, 2.75) is 9.96 Å². The van der Waals surface area contributed by atoms with Gasteiger partial charge in [0.1, 0.15) is 0 Å². The lowest BCUT2D eigenvalue weighted by Crippen LogP contribution is -2.56. The standard InChI is InChI=1S/C6H4Cl3N3OS/c7-6(8,9)3-10-4(13)11-5-12(3)1-2-14-5/h1-3H,(H,10,13)/t3-/m0/s1. The predicted molar refractivity (Wildman–Crippen MR) is 58.6 cm³/mol. The van der Waals surface area contributed by atoms with E-state index in [4.69, 9.17) is 34.8 Å². The third-order valence-corrected chi connectivity index (χ3v) is 3.05. The van der Waals surface area contributed by atoms with Gasteiger partial charge < -0.3 is 10.2 Å². The van der Waals surface area contributed by atoms with Gasteiger partial charge in [0, 0.05) is 6.20 Å². The minimum absolute atomic E-state index is 0.497. The van der Waals surface area contributed by atoms with E-state index in [2.05, 4.69) is 10.3 Å². The summed E-state index contributed by atoms with van der Waals surface area (Å²) in [7, 11) is 0. The summed E-state index contributed by atoms with van der Waals surface area (Å²) in [5, 5.41) is 4.75. The minimum Gasteiger partial charge on any atom is -0.311 e. The summed E-state index contributed by atoms with van der Waals surface area (Å²) in [4.78, 5) is 16.5. The third kappa shape index (κ3) is 1.82. The van der Waals surface area contributed by atoms with E-state index in [-0.39, 0.29) is 0 Å². The minimum atomic E-state index is -1.59. The van der Waals surface area contributed by atoms with Crippen molar-refractivity contribution in [1.29, 1.82) is 0 Å². The third-order valence-electron chi connectivity index (χ3n) is 1.66. The molecule has 2 rings (SSSR count). The number of nitrogens with one attached hydrogen (secondary N) is 1. The molecule has 2 heterocycles. The van der Waals surface area contributed by atoms with E-state index in [1.165, 1.54) is 11.8 Å². The number of amidine groups is 1. The van der Waals surface area contributed by atoms with Crippen molar-refractivity contribution in [3.63, 3.8) is 0 Å². The fourth-order valence-corrected chi connectivity index (χ4v) is 2.32. The molecule has 0 aromatic rings. The molecule has 0 aromatic carbocycles. The molecular weight excluding hydrogens is 269 g/mol. The smallest absolute Gasteiger partial charge is 0.311 e. The quantitative estimate of drug-likeness (QED) is 0.688. The predicted octanol–water partition coefficient (Wildman–Crippen LogP) is 2.28. The number of nitrogens with zero attached hydrogens (tertiary/aromatic N) is 2. The fourth-order valence-electron chi connectivity index (χ4n) is 1.11. The van der Waals surface area contributed by atoms with Crippen molar-refractivity contribution in [1.82, 2.24) is 10.2 Å². The lowest BCUT2D eigenvalue weighted by atomic mass is 10.4. The summed E-state index contributed by atoms with van der Waals surface area (Å²) >= 11 is 18.5. The van der Waals surface area contributed by atoms with E-state index in [0.717, 1.165) is 0 Å². The molecule has 1 N–H and O–H groups in total. The first-order chi connectivity index (χ1) is 6.48. The molecule has 0 radical (unpaired) electrons. The Bertz CT molecular complexity index is 338. The molecule has 4 nitrogen and oxygen atoms in total. The average molecular weight is 273 g/mol. The van der Waals surface area contributed by atoms with Crippen LogP contribution in [0.3, 0.4) is 0 Å². The summed E-state index contributed by atoms with van der Waals surface area (Å²) in [5.74, 6) is 0. The number of rotatable bonds is 0. The number of thioether (sulfide) groups is 1. The zero-order valence-electron chi connectivity index (χ0n) is 6.58. The van der Waals surface area contributed by atoms with Gasteiger partial charge in [0.25, 0.3) is 0 Å². The second-order valence-corrected chi connectivity index (χ2v) is 5.84. The van der Waals surface area contributed by atoms with E-state index in [1.807, 2.05) is 0 Å². The van der Waals surface area contributed by atoms with Crippen molar-refractivity contribution in [3.8, 4) is 0 Å². The summed E-state index contributed by atoms with van der Waals surface area (Å²) < 4.78 is -1.59. The first kappa shape index (κ1) is 10.4. The van der Waals surface area contributed by atoms with Crippen molar-refractivity contribution < 1.29 is 4.79 Å². The van der Waals surface area contributed by atoms with Gasteiger partial charge in [-0.05, 0) is 5.41 Å². The topological polar surface area (TPSA) is 44.7 Å². The van der Waals surface area contributed by atoms with Gasteiger partial charge in [0.05, 0.1) is 0 Å². The number of urea groups is 1. The van der Waals surface area contributed by atoms with Gasteiger partial charge in [-0.15, -0.1) is 0 Å². The van der Waals surface area contributed by atoms with E-state index >= 15 is 0 Å². The molecule has 0 fully saturated rings. The van der Waals surface area contributed by atoms with Crippen LogP contribution in [-0.2, 0) is 0 Å². The van der Waals surface area contributed by atoms with Crippen LogP contribution < -0.4 is 5.32 Å². The van der Waals surface area contributed by atoms with Crippen LogP contribution in [0.2, 0.25) is 0 Å². The van der Waals surface area contributed by atoms with Crippen LogP contribution in [0.15, 0.2) is 16.6 Å². The highest BCUT2D eigenvalue weighted by molar-refractivity contribution is 8.16. The van der Waals surface area contributed by atoms with Crippen LogP contribution in [0.5, 0.6) is 0 Å². The van der Waals surface area contributed by atoms with Crippen LogP contribution >= 0.6 is 46.6 Å². The first-order valence-electron chi connectivity index (χ1n) is 3.56. The molecule has 0 saturated heterocycles. The summed E-state index contributed by atoms with van der Waals surface area (Å²) in [6.45, 7) is 0. The van der Waals surface area contributed by atoms with E-state index in [9.17, 15) is 4.79 Å². The average Bonchev–Trinajstić information content (AvgIpc) is 2.47. The molecule has 76 valence electrons. The van der Waals surface area contributed by atoms with Crippen molar-refractivity contribution in [3.05, 3.63) is 11.6 Å². The van der Waals surface area contributed by atoms with Crippen LogP contribution in [0.4, 0.5) is 4.79 Å². The van der Waals surface area contributed by atoms with Crippen molar-refractivity contribution in [2.75, 3.05) is 0 Å². The molecule has 0 saturated carbocycles. The summed E-state index contributed by atoms with van der Waals surface area (Å²) in [5.41, 5.74) is 0. The fraction of sp³-hybridized carbons (Fsp3) is 0.333. The second kappa shape index (κ2) is 3.48. The number of alkyl halides is 3. The van der Waals surface area contributed by atoms with Crippen LogP contribution in [0.1, 0.15) is 0 Å². The highest BCUT2D eigenvalue weighted by Crippen LogP contribution is 2.37. The number of carbonyl (C=O) groups excluding carboxylic acids is 1. The Labute approximate surface area is 99.3 Å². The largest absolute Gasteiger partial charge is 0.345 e. The molecule has 2 aliphatic heterocycles. The van der Waals surface area contributed by atoms with Crippen molar-refractivity contribution >= 4 is 57.8 Å². The zero-order chi connectivity index (χ0) is 10.3. The molecule has 0 spiro atoms. The SMILES string of the molecule is O=C1N=C2SC=CN2[C@@H](C(Cl)(Cl)Cl)N1. The normalized spacial score (nSPS) is 25.9. The van der Waals surface area contributed by atoms with E-state index in [1.54, 1.807) is 16.5 Å². The van der Waals surface area contributed by atoms with Crippen LogP contribution in [0.25, 0.3) is 0 Å². The molecule has 0 aliphatic carbocycles. The second-order valence-electron chi connectivity index (χ2n) is 2.60. The molecule has 0 aromatic heterocycles. The number of fused-ring (bicyclic) bond motifs is 1. The van der Waals surface area contributed by atoms with Crippen molar-refractivity contribution in [2.24, 2.45) is 4.99 Å². The summed E-state index contributed by atoms with van der Waals surface area (Å²) in [6.07, 6.45) is 0.994. The van der Waals surface area contributed by atoms with Gasteiger partial charge in [-0.3, -0.25) is 0 Å². The Hall–Kier alpha value is -0.100. The van der Waals surface area contributed by atoms with Gasteiger partial charge in [0.15, 0.2) is 11.3 Å². The van der Waals surface area contributed by atoms with E-state index < -0.39 is 16.0 Å². The molecular formula is C6H4Cl3N3OS. The maximum Gasteiger partial charge on any atom is 0.345 e. The maximum atomic E-state index is 11.1. The molecule has 1 atom stereocenters. The van der Waals surface area contributed by atoms with Gasteiger partial charge in [0.2, 0.25) is 3.79 Å². The molecule has 0 unspecified atom stereocenters. The lowest BCUT2D eigenvalue weighted by molar-refractivity contribution is 0.231. The Kier molecular flexibility index (Phi) is 2.59. The number of amides is 2. The van der Waals surface area contributed by atoms with E-state index in [0.29, 0.717) is 5.17 Å². The van der Waals surface area contributed by atoms with Gasteiger partial charge >= 0.3 is 6.03 Å². The molecule has 14 heavy (non-hydrogen) atoms. The molecule has 2 aliphatic rings. The van der Waals surface area contributed by atoms with Gasteiger partial charge in [-0.2, -0.15) is 4.99 Å². The zero-order valence-corrected chi connectivity index (χ0v) is 9.66. The van der Waals surface area contributed by atoms with Gasteiger partial charge in [-0.25, -0.2) is 4.79 Å². The number of carbonyl (C=O) groups is 1. The Morgan fingerprint density at radius 3 is 2.93 bits per heavy atom. The highest BCUT2D eigenvalue weighted by Gasteiger charge is 2.43. The highest BCUT2D eigenvalue weighted by atomic mass is 35.6. The number of hydrogen-bond donors (Lipinski definition) is 1. The van der Waals surface area contributed by atoms with Crippen LogP contribution in [0, 0.1) is 0 Å². The Morgan fingerprint density at radius 2 is 2.29 bits per heavy atom. The molecule has 2 amide bonds. The first-order valence-corrected chi connectivity index (χ1v) is 5.57. The number of halogens is 3. The number of hydrogen-bond acceptors (Lipinski definition) is 3. The number of aliphatic imine (C=N–C) groups is 1. The van der Waals surface area contributed by atoms with Crippen LogP contribution in [-0.4, -0.2) is 26.1 Å².